The van der Waals surface area contributed by atoms with Gasteiger partial charge in [0.1, 0.15) is 0 Å². The van der Waals surface area contributed by atoms with E-state index in [0.29, 0.717) is 11.0 Å². The molecule has 0 aromatic carbocycles. The van der Waals surface area contributed by atoms with E-state index in [1.807, 2.05) is 0 Å². The first kappa shape index (κ1) is 13.4. The number of rotatable bonds is 2. The third kappa shape index (κ3) is 3.03. The van der Waals surface area contributed by atoms with Crippen molar-refractivity contribution in [3.05, 3.63) is 0 Å². The largest absolute Gasteiger partial charge is 0.329 e. The van der Waals surface area contributed by atoms with E-state index in [9.17, 15) is 0 Å². The van der Waals surface area contributed by atoms with Crippen molar-refractivity contribution in [2.75, 3.05) is 19.6 Å². The maximum atomic E-state index is 6.17. The minimum atomic E-state index is 0.347. The van der Waals surface area contributed by atoms with Gasteiger partial charge in [-0.3, -0.25) is 4.90 Å². The van der Waals surface area contributed by atoms with Gasteiger partial charge in [0, 0.05) is 12.1 Å². The van der Waals surface area contributed by atoms with Crippen molar-refractivity contribution in [3.8, 4) is 0 Å². The van der Waals surface area contributed by atoms with Crippen LogP contribution in [0.4, 0.5) is 0 Å². The topological polar surface area (TPSA) is 29.3 Å². The summed E-state index contributed by atoms with van der Waals surface area (Å²) in [6.07, 6.45) is 10.9. The highest BCUT2D eigenvalue weighted by Gasteiger charge is 2.41. The van der Waals surface area contributed by atoms with E-state index < -0.39 is 0 Å². The summed E-state index contributed by atoms with van der Waals surface area (Å²) in [5.74, 6) is 0. The summed E-state index contributed by atoms with van der Waals surface area (Å²) in [6.45, 7) is 8.27. The number of hydrogen-bond donors (Lipinski definition) is 1. The predicted molar refractivity (Wildman–Crippen MR) is 74.1 cm³/mol. The Hall–Kier alpha value is -0.0800. The van der Waals surface area contributed by atoms with Gasteiger partial charge < -0.3 is 5.73 Å². The Morgan fingerprint density at radius 3 is 1.88 bits per heavy atom. The molecule has 2 N–H and O–H groups in total. The molecule has 2 rings (SSSR count). The normalized spacial score (nSPS) is 29.8. The first-order valence-corrected chi connectivity index (χ1v) is 7.53. The summed E-state index contributed by atoms with van der Waals surface area (Å²) < 4.78 is 0. The van der Waals surface area contributed by atoms with Crippen molar-refractivity contribution >= 4 is 0 Å². The Balaban J connectivity index is 2.03. The molecule has 1 saturated carbocycles. The average molecular weight is 238 g/mol. The summed E-state index contributed by atoms with van der Waals surface area (Å²) in [5, 5.41) is 0. The SMILES string of the molecule is CC1(C)CCC(CN)(N2CCCCCC2)CC1. The van der Waals surface area contributed by atoms with Crippen LogP contribution in [0.1, 0.15) is 65.2 Å². The van der Waals surface area contributed by atoms with Crippen molar-refractivity contribution < 1.29 is 0 Å². The quantitative estimate of drug-likeness (QED) is 0.800. The van der Waals surface area contributed by atoms with Gasteiger partial charge >= 0.3 is 0 Å². The zero-order valence-electron chi connectivity index (χ0n) is 11.8. The van der Waals surface area contributed by atoms with Crippen LogP contribution in [0, 0.1) is 5.41 Å². The minimum absolute atomic E-state index is 0.347. The molecule has 2 heteroatoms. The Morgan fingerprint density at radius 1 is 0.882 bits per heavy atom. The van der Waals surface area contributed by atoms with Crippen LogP contribution in [0.5, 0.6) is 0 Å². The van der Waals surface area contributed by atoms with Gasteiger partial charge in [-0.1, -0.05) is 26.7 Å². The third-order valence-electron chi connectivity index (χ3n) is 5.19. The Morgan fingerprint density at radius 2 is 1.41 bits per heavy atom. The monoisotopic (exact) mass is 238 g/mol. The first-order valence-electron chi connectivity index (χ1n) is 7.53. The van der Waals surface area contributed by atoms with E-state index >= 15 is 0 Å². The number of hydrogen-bond acceptors (Lipinski definition) is 2. The standard InChI is InChI=1S/C15H30N2/c1-14(2)7-9-15(13-16,10-8-14)17-11-5-3-4-6-12-17/h3-13,16H2,1-2H3. The highest BCUT2D eigenvalue weighted by atomic mass is 15.2. The summed E-state index contributed by atoms with van der Waals surface area (Å²) >= 11 is 0. The first-order chi connectivity index (χ1) is 8.08. The molecule has 2 nitrogen and oxygen atoms in total. The molecule has 0 bridgehead atoms. The fraction of sp³-hybridized carbons (Fsp3) is 1.00. The molecule has 0 radical (unpaired) electrons. The van der Waals surface area contributed by atoms with Crippen LogP contribution < -0.4 is 5.73 Å². The molecule has 2 fully saturated rings. The highest BCUT2D eigenvalue weighted by Crippen LogP contribution is 2.43. The summed E-state index contributed by atoms with van der Waals surface area (Å²) in [4.78, 5) is 2.75. The molecular formula is C15H30N2. The van der Waals surface area contributed by atoms with E-state index in [1.165, 1.54) is 64.5 Å². The summed E-state index contributed by atoms with van der Waals surface area (Å²) in [6, 6.07) is 0. The summed E-state index contributed by atoms with van der Waals surface area (Å²) in [7, 11) is 0. The van der Waals surface area contributed by atoms with Gasteiger partial charge in [-0.25, -0.2) is 0 Å². The maximum absolute atomic E-state index is 6.17. The van der Waals surface area contributed by atoms with E-state index in [4.69, 9.17) is 5.73 Å². The number of nitrogens with zero attached hydrogens (tertiary/aromatic N) is 1. The molecule has 0 spiro atoms. The molecule has 1 aliphatic heterocycles. The average Bonchev–Trinajstić information content (AvgIpc) is 2.59. The lowest BCUT2D eigenvalue weighted by molar-refractivity contribution is 0.0252. The second kappa shape index (κ2) is 5.27. The Kier molecular flexibility index (Phi) is 4.14. The van der Waals surface area contributed by atoms with Crippen molar-refractivity contribution in [3.63, 3.8) is 0 Å². The van der Waals surface area contributed by atoms with Gasteiger partial charge in [0.15, 0.2) is 0 Å². The van der Waals surface area contributed by atoms with Crippen LogP contribution in [0.15, 0.2) is 0 Å². The lowest BCUT2D eigenvalue weighted by atomic mass is 9.68. The molecule has 0 aromatic heterocycles. The molecule has 2 aliphatic rings. The van der Waals surface area contributed by atoms with Crippen LogP contribution in [-0.2, 0) is 0 Å². The fourth-order valence-corrected chi connectivity index (χ4v) is 3.59. The molecule has 1 saturated heterocycles. The van der Waals surface area contributed by atoms with E-state index in [2.05, 4.69) is 18.7 Å². The molecular weight excluding hydrogens is 208 g/mol. The third-order valence-corrected chi connectivity index (χ3v) is 5.19. The molecule has 100 valence electrons. The van der Waals surface area contributed by atoms with Crippen molar-refractivity contribution in [1.29, 1.82) is 0 Å². The van der Waals surface area contributed by atoms with Gasteiger partial charge in [0.25, 0.3) is 0 Å². The second-order valence-electron chi connectivity index (χ2n) is 6.99. The molecule has 1 aliphatic carbocycles. The van der Waals surface area contributed by atoms with E-state index in [0.717, 1.165) is 6.54 Å². The molecule has 17 heavy (non-hydrogen) atoms. The number of likely N-dealkylation sites (tertiary alicyclic amines) is 1. The summed E-state index contributed by atoms with van der Waals surface area (Å²) in [5.41, 5.74) is 7.06. The van der Waals surface area contributed by atoms with Crippen molar-refractivity contribution in [1.82, 2.24) is 4.90 Å². The molecule has 0 unspecified atom stereocenters. The molecule has 1 heterocycles. The fourth-order valence-electron chi connectivity index (χ4n) is 3.59. The maximum Gasteiger partial charge on any atom is 0.0332 e. The van der Waals surface area contributed by atoms with Gasteiger partial charge in [-0.15, -0.1) is 0 Å². The van der Waals surface area contributed by atoms with Crippen LogP contribution in [0.25, 0.3) is 0 Å². The van der Waals surface area contributed by atoms with Crippen molar-refractivity contribution in [2.45, 2.75) is 70.8 Å². The van der Waals surface area contributed by atoms with Gasteiger partial charge in [-0.05, 0) is 57.0 Å². The Labute approximate surface area is 107 Å². The van der Waals surface area contributed by atoms with E-state index in [1.54, 1.807) is 0 Å². The van der Waals surface area contributed by atoms with Gasteiger partial charge in [0.05, 0.1) is 0 Å². The van der Waals surface area contributed by atoms with Gasteiger partial charge in [0.2, 0.25) is 0 Å². The van der Waals surface area contributed by atoms with Crippen molar-refractivity contribution in [2.24, 2.45) is 11.1 Å². The van der Waals surface area contributed by atoms with Crippen LogP contribution >= 0.6 is 0 Å². The second-order valence-corrected chi connectivity index (χ2v) is 6.99. The molecule has 0 amide bonds. The van der Waals surface area contributed by atoms with Crippen LogP contribution in [-0.4, -0.2) is 30.1 Å². The smallest absolute Gasteiger partial charge is 0.0332 e. The van der Waals surface area contributed by atoms with E-state index in [-0.39, 0.29) is 0 Å². The zero-order chi connectivity index (χ0) is 12.4. The molecule has 0 atom stereocenters. The lowest BCUT2D eigenvalue weighted by Crippen LogP contribution is -2.56. The number of nitrogens with two attached hydrogens (primary N) is 1. The lowest BCUT2D eigenvalue weighted by Gasteiger charge is -2.49. The Bertz CT molecular complexity index is 229. The van der Waals surface area contributed by atoms with Gasteiger partial charge in [-0.2, -0.15) is 0 Å². The van der Waals surface area contributed by atoms with Crippen LogP contribution in [0.2, 0.25) is 0 Å². The van der Waals surface area contributed by atoms with Crippen LogP contribution in [0.3, 0.4) is 0 Å². The highest BCUT2D eigenvalue weighted by molar-refractivity contribution is 4.98. The molecule has 0 aromatic rings. The predicted octanol–water partition coefficient (Wildman–Crippen LogP) is 3.16. The minimum Gasteiger partial charge on any atom is -0.329 e. The zero-order valence-corrected chi connectivity index (χ0v) is 11.8.